The number of aromatic nitrogens is 1. The normalized spacial score (nSPS) is 10.0. The highest BCUT2D eigenvalue weighted by Crippen LogP contribution is 2.14. The maximum atomic E-state index is 12.1. The van der Waals surface area contributed by atoms with Crippen LogP contribution in [0.5, 0.6) is 5.75 Å². The first kappa shape index (κ1) is 17.2. The van der Waals surface area contributed by atoms with Crippen LogP contribution in [0.3, 0.4) is 0 Å². The minimum absolute atomic E-state index is 0.220. The van der Waals surface area contributed by atoms with E-state index in [1.54, 1.807) is 42.5 Å². The molecule has 1 heterocycles. The Labute approximate surface area is 150 Å². The summed E-state index contributed by atoms with van der Waals surface area (Å²) in [6, 6.07) is 21.4. The lowest BCUT2D eigenvalue weighted by molar-refractivity contribution is 0.0844. The number of carbonyl (C=O) groups is 2. The van der Waals surface area contributed by atoms with E-state index in [0.717, 1.165) is 5.56 Å². The molecule has 0 aliphatic carbocycles. The van der Waals surface area contributed by atoms with Crippen LogP contribution in [0.2, 0.25) is 0 Å². The smallest absolute Gasteiger partial charge is 0.288 e. The molecular formula is C20H17N3O3. The number of rotatable bonds is 5. The van der Waals surface area contributed by atoms with E-state index in [-0.39, 0.29) is 5.69 Å². The number of benzene rings is 2. The van der Waals surface area contributed by atoms with Crippen LogP contribution in [0, 0.1) is 0 Å². The number of hydrazine groups is 1. The molecule has 2 N–H and O–H groups in total. The molecule has 26 heavy (non-hydrogen) atoms. The Kier molecular flexibility index (Phi) is 5.57. The summed E-state index contributed by atoms with van der Waals surface area (Å²) in [6.45, 7) is 0.451. The lowest BCUT2D eigenvalue weighted by atomic mass is 10.2. The molecule has 3 aromatic rings. The SMILES string of the molecule is O=C(NNC(=O)c1ccccn1)c1ccc(OCc2ccccc2)cc1. The summed E-state index contributed by atoms with van der Waals surface area (Å²) < 4.78 is 5.67. The van der Waals surface area contributed by atoms with Crippen molar-refractivity contribution >= 4 is 11.8 Å². The van der Waals surface area contributed by atoms with Crippen molar-refractivity contribution in [3.05, 3.63) is 95.8 Å². The maximum absolute atomic E-state index is 12.1. The molecule has 0 bridgehead atoms. The van der Waals surface area contributed by atoms with Crippen molar-refractivity contribution in [2.45, 2.75) is 6.61 Å². The van der Waals surface area contributed by atoms with Gasteiger partial charge in [0.2, 0.25) is 0 Å². The highest BCUT2D eigenvalue weighted by Gasteiger charge is 2.09. The second-order valence-electron chi connectivity index (χ2n) is 5.42. The standard InChI is InChI=1S/C20H17N3O3/c24-19(22-23-20(25)18-8-4-5-13-21-18)16-9-11-17(12-10-16)26-14-15-6-2-1-3-7-15/h1-13H,14H2,(H,22,24)(H,23,25). The lowest BCUT2D eigenvalue weighted by Crippen LogP contribution is -2.41. The fraction of sp³-hybridized carbons (Fsp3) is 0.0500. The van der Waals surface area contributed by atoms with E-state index in [9.17, 15) is 9.59 Å². The molecule has 2 amide bonds. The van der Waals surface area contributed by atoms with Crippen LogP contribution in [-0.2, 0) is 6.61 Å². The Morgan fingerprint density at radius 2 is 1.50 bits per heavy atom. The summed E-state index contributed by atoms with van der Waals surface area (Å²) in [5.74, 6) is -0.256. The van der Waals surface area contributed by atoms with Crippen molar-refractivity contribution in [3.63, 3.8) is 0 Å². The monoisotopic (exact) mass is 347 g/mol. The zero-order valence-corrected chi connectivity index (χ0v) is 13.9. The van der Waals surface area contributed by atoms with Gasteiger partial charge in [0.25, 0.3) is 11.8 Å². The van der Waals surface area contributed by atoms with Crippen LogP contribution in [0.15, 0.2) is 79.0 Å². The quantitative estimate of drug-likeness (QED) is 0.696. The first-order valence-corrected chi connectivity index (χ1v) is 8.01. The molecule has 3 rings (SSSR count). The predicted molar refractivity (Wildman–Crippen MR) is 96.4 cm³/mol. The number of carbonyl (C=O) groups excluding carboxylic acids is 2. The molecule has 0 unspecified atom stereocenters. The Bertz CT molecular complexity index is 866. The van der Waals surface area contributed by atoms with Gasteiger partial charge in [-0.3, -0.25) is 25.4 Å². The first-order valence-electron chi connectivity index (χ1n) is 8.01. The van der Waals surface area contributed by atoms with Crippen molar-refractivity contribution in [2.24, 2.45) is 0 Å². The summed E-state index contributed by atoms with van der Waals surface area (Å²) in [6.07, 6.45) is 1.50. The zero-order chi connectivity index (χ0) is 18.2. The highest BCUT2D eigenvalue weighted by molar-refractivity contribution is 5.98. The molecule has 0 saturated carbocycles. The summed E-state index contributed by atoms with van der Waals surface area (Å²) in [5.41, 5.74) is 6.36. The van der Waals surface area contributed by atoms with Gasteiger partial charge in [0, 0.05) is 11.8 Å². The van der Waals surface area contributed by atoms with Gasteiger partial charge in [-0.2, -0.15) is 0 Å². The first-order chi connectivity index (χ1) is 12.7. The molecule has 1 aromatic heterocycles. The molecule has 0 aliphatic heterocycles. The van der Waals surface area contributed by atoms with Gasteiger partial charge in [0.05, 0.1) is 0 Å². The van der Waals surface area contributed by atoms with E-state index < -0.39 is 11.8 Å². The molecule has 0 aliphatic rings. The van der Waals surface area contributed by atoms with E-state index in [1.807, 2.05) is 30.3 Å². The summed E-state index contributed by atoms with van der Waals surface area (Å²) in [4.78, 5) is 27.8. The van der Waals surface area contributed by atoms with Gasteiger partial charge in [0.1, 0.15) is 18.1 Å². The number of ether oxygens (including phenoxy) is 1. The van der Waals surface area contributed by atoms with Crippen LogP contribution >= 0.6 is 0 Å². The molecule has 0 radical (unpaired) electrons. The summed E-state index contributed by atoms with van der Waals surface area (Å²) >= 11 is 0. The molecule has 0 saturated heterocycles. The molecule has 2 aromatic carbocycles. The van der Waals surface area contributed by atoms with Crippen molar-refractivity contribution in [1.29, 1.82) is 0 Å². The van der Waals surface area contributed by atoms with E-state index in [4.69, 9.17) is 4.74 Å². The van der Waals surface area contributed by atoms with Gasteiger partial charge in [-0.15, -0.1) is 0 Å². The average molecular weight is 347 g/mol. The molecule has 0 atom stereocenters. The van der Waals surface area contributed by atoms with Gasteiger partial charge >= 0.3 is 0 Å². The van der Waals surface area contributed by atoms with Crippen LogP contribution < -0.4 is 15.6 Å². The third kappa shape index (κ3) is 4.67. The van der Waals surface area contributed by atoms with Crippen molar-refractivity contribution in [2.75, 3.05) is 0 Å². The predicted octanol–water partition coefficient (Wildman–Crippen LogP) is 2.74. The number of nitrogens with zero attached hydrogens (tertiary/aromatic N) is 1. The van der Waals surface area contributed by atoms with Gasteiger partial charge in [-0.1, -0.05) is 36.4 Å². The lowest BCUT2D eigenvalue weighted by Gasteiger charge is -2.09. The Morgan fingerprint density at radius 3 is 2.19 bits per heavy atom. The third-order valence-corrected chi connectivity index (χ3v) is 3.55. The zero-order valence-electron chi connectivity index (χ0n) is 13.9. The second-order valence-corrected chi connectivity index (χ2v) is 5.42. The highest BCUT2D eigenvalue weighted by atomic mass is 16.5. The number of pyridine rings is 1. The summed E-state index contributed by atoms with van der Waals surface area (Å²) in [7, 11) is 0. The molecule has 6 nitrogen and oxygen atoms in total. The Morgan fingerprint density at radius 1 is 0.808 bits per heavy atom. The number of hydrogen-bond acceptors (Lipinski definition) is 4. The maximum Gasteiger partial charge on any atom is 0.288 e. The molecule has 6 heteroatoms. The fourth-order valence-corrected chi connectivity index (χ4v) is 2.19. The number of nitrogens with one attached hydrogen (secondary N) is 2. The molecule has 130 valence electrons. The number of hydrogen-bond donors (Lipinski definition) is 2. The van der Waals surface area contributed by atoms with Crippen molar-refractivity contribution < 1.29 is 14.3 Å². The second kappa shape index (κ2) is 8.43. The summed E-state index contributed by atoms with van der Waals surface area (Å²) in [5, 5.41) is 0. The molecule has 0 fully saturated rings. The molecular weight excluding hydrogens is 330 g/mol. The van der Waals surface area contributed by atoms with E-state index in [0.29, 0.717) is 17.9 Å². The van der Waals surface area contributed by atoms with Crippen LogP contribution in [0.4, 0.5) is 0 Å². The Balaban J connectivity index is 1.51. The van der Waals surface area contributed by atoms with E-state index in [2.05, 4.69) is 15.8 Å². The van der Waals surface area contributed by atoms with Crippen molar-refractivity contribution in [1.82, 2.24) is 15.8 Å². The Hall–Kier alpha value is -3.67. The topological polar surface area (TPSA) is 80.3 Å². The van der Waals surface area contributed by atoms with Gasteiger partial charge in [-0.05, 0) is 42.0 Å². The van der Waals surface area contributed by atoms with E-state index in [1.165, 1.54) is 6.20 Å². The average Bonchev–Trinajstić information content (AvgIpc) is 2.72. The van der Waals surface area contributed by atoms with Gasteiger partial charge in [0.15, 0.2) is 0 Å². The fourth-order valence-electron chi connectivity index (χ4n) is 2.19. The van der Waals surface area contributed by atoms with Crippen molar-refractivity contribution in [3.8, 4) is 5.75 Å². The molecule has 0 spiro atoms. The van der Waals surface area contributed by atoms with Gasteiger partial charge in [-0.25, -0.2) is 0 Å². The van der Waals surface area contributed by atoms with E-state index >= 15 is 0 Å². The minimum Gasteiger partial charge on any atom is -0.489 e. The third-order valence-electron chi connectivity index (χ3n) is 3.55. The van der Waals surface area contributed by atoms with Crippen LogP contribution in [0.1, 0.15) is 26.4 Å². The number of amides is 2. The van der Waals surface area contributed by atoms with Crippen LogP contribution in [-0.4, -0.2) is 16.8 Å². The minimum atomic E-state index is -0.484. The van der Waals surface area contributed by atoms with Crippen LogP contribution in [0.25, 0.3) is 0 Å². The van der Waals surface area contributed by atoms with Gasteiger partial charge < -0.3 is 4.74 Å². The largest absolute Gasteiger partial charge is 0.489 e.